The second kappa shape index (κ2) is 7.61. The van der Waals surface area contributed by atoms with Crippen LogP contribution in [0.5, 0.6) is 0 Å². The summed E-state index contributed by atoms with van der Waals surface area (Å²) in [5.41, 5.74) is 3.70. The number of benzene rings is 3. The van der Waals surface area contributed by atoms with Crippen LogP contribution in [0.3, 0.4) is 0 Å². The quantitative estimate of drug-likeness (QED) is 0.711. The highest BCUT2D eigenvalue weighted by Crippen LogP contribution is 2.24. The molecule has 0 aliphatic rings. The number of hydrogen-bond acceptors (Lipinski definition) is 2. The van der Waals surface area contributed by atoms with Crippen molar-refractivity contribution in [1.29, 1.82) is 0 Å². The molecule has 2 nitrogen and oxygen atoms in total. The molecule has 3 aromatic rings. The van der Waals surface area contributed by atoms with E-state index >= 15 is 0 Å². The topological polar surface area (TPSA) is 23.5 Å². The fourth-order valence-electron chi connectivity index (χ4n) is 3.19. The van der Waals surface area contributed by atoms with Gasteiger partial charge in [-0.15, -0.1) is 0 Å². The van der Waals surface area contributed by atoms with Gasteiger partial charge in [0.1, 0.15) is 0 Å². The molecule has 0 radical (unpaired) electrons. The van der Waals surface area contributed by atoms with Crippen molar-refractivity contribution < 1.29 is 5.11 Å². The predicted molar refractivity (Wildman–Crippen MR) is 101 cm³/mol. The molecule has 0 fully saturated rings. The van der Waals surface area contributed by atoms with Crippen LogP contribution in [0.1, 0.15) is 29.2 Å². The molecule has 0 aliphatic carbocycles. The highest BCUT2D eigenvalue weighted by atomic mass is 16.3. The zero-order valence-electron chi connectivity index (χ0n) is 14.4. The number of rotatable bonds is 6. The van der Waals surface area contributed by atoms with Crippen molar-refractivity contribution in [3.63, 3.8) is 0 Å². The van der Waals surface area contributed by atoms with Crippen molar-refractivity contribution in [2.24, 2.45) is 0 Å². The standard InChI is InChI=1S/C22H25NO/c1-17-12-13-18-8-6-7-11-20(18)21(17)16-23(2)15-14-22(24)19-9-4-3-5-10-19/h3-13,22,24H,14-16H2,1-2H3. The second-order valence-corrected chi connectivity index (χ2v) is 6.54. The zero-order chi connectivity index (χ0) is 16.9. The Morgan fingerprint density at radius 2 is 1.62 bits per heavy atom. The van der Waals surface area contributed by atoms with Crippen LogP contribution in [0.4, 0.5) is 0 Å². The lowest BCUT2D eigenvalue weighted by Crippen LogP contribution is -2.21. The molecule has 24 heavy (non-hydrogen) atoms. The monoisotopic (exact) mass is 319 g/mol. The average Bonchev–Trinajstić information content (AvgIpc) is 2.63. The van der Waals surface area contributed by atoms with E-state index in [4.69, 9.17) is 0 Å². The molecular weight excluding hydrogens is 294 g/mol. The molecule has 0 spiro atoms. The van der Waals surface area contributed by atoms with E-state index in [1.165, 1.54) is 21.9 Å². The molecule has 1 N–H and O–H groups in total. The van der Waals surface area contributed by atoms with Gasteiger partial charge in [-0.3, -0.25) is 0 Å². The van der Waals surface area contributed by atoms with Crippen LogP contribution in [-0.2, 0) is 6.54 Å². The van der Waals surface area contributed by atoms with Crippen molar-refractivity contribution in [3.8, 4) is 0 Å². The molecule has 0 saturated carbocycles. The predicted octanol–water partition coefficient (Wildman–Crippen LogP) is 4.70. The largest absolute Gasteiger partial charge is 0.388 e. The Morgan fingerprint density at radius 1 is 0.917 bits per heavy atom. The third-order valence-corrected chi connectivity index (χ3v) is 4.67. The van der Waals surface area contributed by atoms with E-state index in [0.717, 1.165) is 25.1 Å². The van der Waals surface area contributed by atoms with E-state index in [-0.39, 0.29) is 0 Å². The van der Waals surface area contributed by atoms with Crippen LogP contribution >= 0.6 is 0 Å². The van der Waals surface area contributed by atoms with E-state index in [1.807, 2.05) is 30.3 Å². The van der Waals surface area contributed by atoms with Gasteiger partial charge in [0.25, 0.3) is 0 Å². The maximum absolute atomic E-state index is 10.3. The van der Waals surface area contributed by atoms with Gasteiger partial charge in [0.2, 0.25) is 0 Å². The number of nitrogens with zero attached hydrogens (tertiary/aromatic N) is 1. The molecule has 2 heteroatoms. The van der Waals surface area contributed by atoms with Crippen LogP contribution in [0.25, 0.3) is 10.8 Å². The number of aliphatic hydroxyl groups excluding tert-OH is 1. The molecule has 0 bridgehead atoms. The fourth-order valence-corrected chi connectivity index (χ4v) is 3.19. The molecule has 3 rings (SSSR count). The Balaban J connectivity index is 1.67. The molecule has 0 heterocycles. The first-order valence-corrected chi connectivity index (χ1v) is 8.54. The summed E-state index contributed by atoms with van der Waals surface area (Å²) in [5, 5.41) is 12.9. The lowest BCUT2D eigenvalue weighted by Gasteiger charge is -2.21. The minimum atomic E-state index is -0.401. The summed E-state index contributed by atoms with van der Waals surface area (Å²) in [4.78, 5) is 2.29. The normalized spacial score (nSPS) is 12.7. The first-order chi connectivity index (χ1) is 11.6. The van der Waals surface area contributed by atoms with Crippen LogP contribution in [0, 0.1) is 6.92 Å². The van der Waals surface area contributed by atoms with Crippen molar-refractivity contribution >= 4 is 10.8 Å². The van der Waals surface area contributed by atoms with E-state index in [1.54, 1.807) is 0 Å². The number of hydrogen-bond donors (Lipinski definition) is 1. The van der Waals surface area contributed by atoms with Crippen molar-refractivity contribution in [2.45, 2.75) is 26.0 Å². The molecule has 0 amide bonds. The summed E-state index contributed by atoms with van der Waals surface area (Å²) >= 11 is 0. The van der Waals surface area contributed by atoms with Crippen LogP contribution in [0.2, 0.25) is 0 Å². The molecule has 1 unspecified atom stereocenters. The van der Waals surface area contributed by atoms with Gasteiger partial charge in [0.15, 0.2) is 0 Å². The van der Waals surface area contributed by atoms with Crippen LogP contribution in [-0.4, -0.2) is 23.6 Å². The smallest absolute Gasteiger partial charge is 0.0802 e. The Bertz CT molecular complexity index is 797. The molecule has 0 aromatic heterocycles. The summed E-state index contributed by atoms with van der Waals surface area (Å²) in [6.45, 7) is 3.93. The Morgan fingerprint density at radius 3 is 2.42 bits per heavy atom. The summed E-state index contributed by atoms with van der Waals surface area (Å²) in [7, 11) is 2.12. The number of fused-ring (bicyclic) bond motifs is 1. The Kier molecular flexibility index (Phi) is 5.29. The average molecular weight is 319 g/mol. The Labute approximate surface area is 144 Å². The summed E-state index contributed by atoms with van der Waals surface area (Å²) in [6.07, 6.45) is 0.340. The summed E-state index contributed by atoms with van der Waals surface area (Å²) in [5.74, 6) is 0. The number of aliphatic hydroxyl groups is 1. The summed E-state index contributed by atoms with van der Waals surface area (Å²) in [6, 6.07) is 22.8. The van der Waals surface area contributed by atoms with Gasteiger partial charge >= 0.3 is 0 Å². The van der Waals surface area contributed by atoms with E-state index < -0.39 is 6.10 Å². The lowest BCUT2D eigenvalue weighted by atomic mass is 9.99. The maximum atomic E-state index is 10.3. The molecule has 124 valence electrons. The molecular formula is C22H25NO. The van der Waals surface area contributed by atoms with E-state index in [0.29, 0.717) is 0 Å². The second-order valence-electron chi connectivity index (χ2n) is 6.54. The minimum absolute atomic E-state index is 0.401. The maximum Gasteiger partial charge on any atom is 0.0802 e. The Hall–Kier alpha value is -2.16. The molecule has 1 atom stereocenters. The van der Waals surface area contributed by atoms with Gasteiger partial charge in [-0.1, -0.05) is 66.7 Å². The third-order valence-electron chi connectivity index (χ3n) is 4.67. The van der Waals surface area contributed by atoms with Gasteiger partial charge in [0, 0.05) is 13.1 Å². The first-order valence-electron chi connectivity index (χ1n) is 8.54. The van der Waals surface area contributed by atoms with Gasteiger partial charge in [0.05, 0.1) is 6.10 Å². The van der Waals surface area contributed by atoms with Crippen LogP contribution in [0.15, 0.2) is 66.7 Å². The minimum Gasteiger partial charge on any atom is -0.388 e. The van der Waals surface area contributed by atoms with Crippen molar-refractivity contribution in [1.82, 2.24) is 4.90 Å². The van der Waals surface area contributed by atoms with Gasteiger partial charge in [-0.2, -0.15) is 0 Å². The van der Waals surface area contributed by atoms with Gasteiger partial charge in [-0.25, -0.2) is 0 Å². The van der Waals surface area contributed by atoms with E-state index in [2.05, 4.69) is 55.3 Å². The molecule has 0 aliphatic heterocycles. The van der Waals surface area contributed by atoms with E-state index in [9.17, 15) is 5.11 Å². The van der Waals surface area contributed by atoms with Gasteiger partial charge < -0.3 is 10.0 Å². The molecule has 0 saturated heterocycles. The summed E-state index contributed by atoms with van der Waals surface area (Å²) < 4.78 is 0. The van der Waals surface area contributed by atoms with Crippen molar-refractivity contribution in [2.75, 3.05) is 13.6 Å². The van der Waals surface area contributed by atoms with Crippen LogP contribution < -0.4 is 0 Å². The zero-order valence-corrected chi connectivity index (χ0v) is 14.4. The highest BCUT2D eigenvalue weighted by molar-refractivity contribution is 5.86. The molecule has 3 aromatic carbocycles. The fraction of sp³-hybridized carbons (Fsp3) is 0.273. The number of aryl methyl sites for hydroxylation is 1. The third kappa shape index (κ3) is 3.84. The first kappa shape index (κ1) is 16.7. The highest BCUT2D eigenvalue weighted by Gasteiger charge is 2.11. The van der Waals surface area contributed by atoms with Gasteiger partial charge in [-0.05, 0) is 47.9 Å². The van der Waals surface area contributed by atoms with Crippen molar-refractivity contribution in [3.05, 3.63) is 83.4 Å². The lowest BCUT2D eigenvalue weighted by molar-refractivity contribution is 0.148. The SMILES string of the molecule is Cc1ccc2ccccc2c1CN(C)CCC(O)c1ccccc1.